The molecule has 2 N–H and O–H groups in total. The van der Waals surface area contributed by atoms with Crippen LogP contribution in [0, 0.1) is 32.1 Å². The van der Waals surface area contributed by atoms with Gasteiger partial charge in [0.1, 0.15) is 6.10 Å². The van der Waals surface area contributed by atoms with Crippen molar-refractivity contribution in [1.29, 1.82) is 0 Å². The van der Waals surface area contributed by atoms with E-state index >= 15 is 0 Å². The van der Waals surface area contributed by atoms with E-state index in [4.69, 9.17) is 4.74 Å². The number of rotatable bonds is 27. The summed E-state index contributed by atoms with van der Waals surface area (Å²) in [4.78, 5) is 68.2. The highest BCUT2D eigenvalue weighted by Crippen LogP contribution is 2.36. The molecule has 5 atom stereocenters. The number of unbranched alkanes of at least 4 members (excludes halogenated alkanes) is 5. The number of benzene rings is 1. The highest BCUT2D eigenvalue weighted by molar-refractivity contribution is 5.95. The Hall–Kier alpha value is -4.37. The first kappa shape index (κ1) is 43.8. The molecule has 0 spiro atoms. The summed E-state index contributed by atoms with van der Waals surface area (Å²) in [5.74, 6) is -1.50. The van der Waals surface area contributed by atoms with Gasteiger partial charge in [-0.05, 0) is 82.3 Å². The average Bonchev–Trinajstić information content (AvgIpc) is 3.38. The van der Waals surface area contributed by atoms with E-state index in [1.54, 1.807) is 13.0 Å². The molecule has 0 aromatic heterocycles. The van der Waals surface area contributed by atoms with Crippen LogP contribution in [0.2, 0.25) is 0 Å². The number of esters is 1. The average molecular weight is 734 g/mol. The third kappa shape index (κ3) is 18.2. The smallest absolute Gasteiger partial charge is 0.306 e. The van der Waals surface area contributed by atoms with Crippen LogP contribution in [-0.2, 0) is 35.2 Å². The lowest BCUT2D eigenvalue weighted by molar-refractivity contribution is -0.757. The first-order chi connectivity index (χ1) is 25.0. The zero-order valence-corrected chi connectivity index (χ0v) is 30.1. The van der Waals surface area contributed by atoms with Crippen LogP contribution in [-0.4, -0.2) is 81.1 Å². The summed E-state index contributed by atoms with van der Waals surface area (Å²) in [6.45, 7) is 1.97. The number of aryl methyl sites for hydroxylation is 1. The van der Waals surface area contributed by atoms with Gasteiger partial charge in [-0.25, -0.2) is 0 Å². The van der Waals surface area contributed by atoms with Crippen molar-refractivity contribution in [3.8, 4) is 0 Å². The Morgan fingerprint density at radius 1 is 0.865 bits per heavy atom. The lowest BCUT2D eigenvalue weighted by Crippen LogP contribution is -2.36. The Balaban J connectivity index is 1.86. The normalized spacial score (nSPS) is 19.1. The van der Waals surface area contributed by atoms with Crippen LogP contribution >= 0.6 is 0 Å². The Bertz CT molecular complexity index is 1290. The summed E-state index contributed by atoms with van der Waals surface area (Å²) in [5, 5.41) is 40.3. The first-order valence-electron chi connectivity index (χ1n) is 18.3. The topological polar surface area (TPSA) is 209 Å². The van der Waals surface area contributed by atoms with Crippen molar-refractivity contribution >= 4 is 17.8 Å². The fraction of sp³-hybridized carbons (Fsp3) is 0.649. The quantitative estimate of drug-likeness (QED) is 0.0379. The first-order valence-corrected chi connectivity index (χ1v) is 18.3. The molecule has 1 saturated carbocycles. The zero-order valence-electron chi connectivity index (χ0n) is 30.1. The molecule has 15 nitrogen and oxygen atoms in total. The maximum Gasteiger partial charge on any atom is 0.306 e. The molecular weight excluding hydrogens is 678 g/mol. The van der Waals surface area contributed by atoms with Gasteiger partial charge in [0.05, 0.1) is 25.4 Å². The number of carbonyl (C=O) groups is 3. The van der Waals surface area contributed by atoms with Gasteiger partial charge in [0, 0.05) is 38.1 Å². The van der Waals surface area contributed by atoms with Crippen LogP contribution in [0.3, 0.4) is 0 Å². The maximum absolute atomic E-state index is 12.7. The van der Waals surface area contributed by atoms with Crippen LogP contribution in [0.15, 0.2) is 54.6 Å². The van der Waals surface area contributed by atoms with E-state index in [9.17, 15) is 44.8 Å². The molecule has 52 heavy (non-hydrogen) atoms. The van der Waals surface area contributed by atoms with E-state index in [0.717, 1.165) is 5.56 Å². The second-order valence-electron chi connectivity index (χ2n) is 12.9. The minimum absolute atomic E-state index is 0.0205. The van der Waals surface area contributed by atoms with Gasteiger partial charge in [-0.1, -0.05) is 61.4 Å². The van der Waals surface area contributed by atoms with Gasteiger partial charge in [0.15, 0.2) is 0 Å². The molecule has 2 amide bonds. The standard InChI is InChI=1S/C37H55N3O12/c1-2-38(36(44)20-12-6-14-26-50-39(46)47)35(43)19-11-4-3-10-18-31-32(34(42)28-33(31)41)25-24-30(23-22-29-16-8-5-9-17-29)52-37(45)21-13-7-15-27-51-40(48)49/h3,5,8-10,16-17,24-25,30-34,41-42H,2,4,6-7,11-15,18-23,26-28H2,1H3/t30?,31-,32-,33+,34-/m1/s1. The molecule has 1 aliphatic carbocycles. The van der Waals surface area contributed by atoms with Crippen molar-refractivity contribution in [2.45, 2.75) is 122 Å². The lowest BCUT2D eigenvalue weighted by Gasteiger charge is -2.21. The number of amides is 2. The fourth-order valence-corrected chi connectivity index (χ4v) is 6.22. The molecule has 1 aromatic rings. The monoisotopic (exact) mass is 733 g/mol. The van der Waals surface area contributed by atoms with Crippen molar-refractivity contribution in [1.82, 2.24) is 4.90 Å². The van der Waals surface area contributed by atoms with Gasteiger partial charge in [0.25, 0.3) is 10.2 Å². The van der Waals surface area contributed by atoms with Crippen LogP contribution in [0.5, 0.6) is 0 Å². The molecule has 0 radical (unpaired) electrons. The van der Waals surface area contributed by atoms with E-state index < -0.39 is 28.5 Å². The molecular formula is C37H55N3O12. The van der Waals surface area contributed by atoms with Gasteiger partial charge in [-0.2, -0.15) is 0 Å². The number of imide groups is 1. The van der Waals surface area contributed by atoms with Crippen molar-refractivity contribution in [2.24, 2.45) is 11.8 Å². The molecule has 2 rings (SSSR count). The molecule has 1 fully saturated rings. The zero-order chi connectivity index (χ0) is 38.1. The van der Waals surface area contributed by atoms with E-state index in [-0.39, 0.29) is 75.1 Å². The molecule has 15 heteroatoms. The predicted octanol–water partition coefficient (Wildman–Crippen LogP) is 5.47. The Kier molecular flexibility index (Phi) is 21.5. The molecule has 0 saturated heterocycles. The van der Waals surface area contributed by atoms with Crippen LogP contribution in [0.4, 0.5) is 0 Å². The molecule has 1 aliphatic rings. The molecule has 0 aliphatic heterocycles. The summed E-state index contributed by atoms with van der Waals surface area (Å²) >= 11 is 0. The number of nitrogens with zero attached hydrogens (tertiary/aromatic N) is 3. The number of aliphatic hydroxyl groups excluding tert-OH is 2. The summed E-state index contributed by atoms with van der Waals surface area (Å²) in [5.41, 5.74) is 1.09. The SMILES string of the molecule is CCN(C(=O)CCCC=CC[C@@H]1[C@@H](C=CC(CCc2ccccc2)OC(=O)CCCCCO[N+](=O)[O-])[C@H](O)C[C@@H]1O)C(=O)CCCCCO[N+](=O)[O-]. The van der Waals surface area contributed by atoms with Crippen LogP contribution in [0.25, 0.3) is 0 Å². The minimum Gasteiger partial charge on any atom is -0.458 e. The van der Waals surface area contributed by atoms with Crippen molar-refractivity contribution in [2.75, 3.05) is 19.8 Å². The Morgan fingerprint density at radius 2 is 1.48 bits per heavy atom. The Labute approximate surface area is 305 Å². The summed E-state index contributed by atoms with van der Waals surface area (Å²) in [6.07, 6.45) is 12.2. The number of hydrogen-bond acceptors (Lipinski definition) is 12. The largest absolute Gasteiger partial charge is 0.458 e. The number of allylic oxidation sites excluding steroid dienone is 2. The number of ether oxygens (including phenoxy) is 1. The second-order valence-corrected chi connectivity index (χ2v) is 12.9. The van der Waals surface area contributed by atoms with Gasteiger partial charge in [0.2, 0.25) is 11.8 Å². The highest BCUT2D eigenvalue weighted by Gasteiger charge is 2.39. The summed E-state index contributed by atoms with van der Waals surface area (Å²) in [6, 6.07) is 9.80. The van der Waals surface area contributed by atoms with Crippen LogP contribution < -0.4 is 0 Å². The summed E-state index contributed by atoms with van der Waals surface area (Å²) in [7, 11) is 0. The van der Waals surface area contributed by atoms with Crippen molar-refractivity contribution < 1.29 is 49.2 Å². The van der Waals surface area contributed by atoms with E-state index in [1.165, 1.54) is 4.90 Å². The molecule has 0 bridgehead atoms. The fourth-order valence-electron chi connectivity index (χ4n) is 6.22. The van der Waals surface area contributed by atoms with Crippen LogP contribution in [0.1, 0.15) is 102 Å². The number of carbonyl (C=O) groups excluding carboxylic acids is 3. The lowest BCUT2D eigenvalue weighted by atomic mass is 9.89. The number of hydrogen-bond donors (Lipinski definition) is 2. The summed E-state index contributed by atoms with van der Waals surface area (Å²) < 4.78 is 5.80. The second kappa shape index (κ2) is 25.6. The molecule has 1 aromatic carbocycles. The Morgan fingerprint density at radius 3 is 2.10 bits per heavy atom. The van der Waals surface area contributed by atoms with E-state index in [1.807, 2.05) is 48.6 Å². The number of aliphatic hydroxyl groups is 2. The molecule has 290 valence electrons. The van der Waals surface area contributed by atoms with Gasteiger partial charge < -0.3 is 24.6 Å². The molecule has 1 unspecified atom stereocenters. The maximum atomic E-state index is 12.7. The highest BCUT2D eigenvalue weighted by atomic mass is 17.0. The third-order valence-corrected chi connectivity index (χ3v) is 9.02. The van der Waals surface area contributed by atoms with Crippen molar-refractivity contribution in [3.63, 3.8) is 0 Å². The van der Waals surface area contributed by atoms with E-state index in [2.05, 4.69) is 9.68 Å². The predicted molar refractivity (Wildman–Crippen MR) is 190 cm³/mol. The van der Waals surface area contributed by atoms with Gasteiger partial charge in [-0.15, -0.1) is 20.2 Å². The minimum atomic E-state index is -0.848. The molecule has 0 heterocycles. The van der Waals surface area contributed by atoms with E-state index in [0.29, 0.717) is 70.6 Å². The van der Waals surface area contributed by atoms with Gasteiger partial charge >= 0.3 is 5.97 Å². The van der Waals surface area contributed by atoms with Gasteiger partial charge in [-0.3, -0.25) is 19.3 Å². The van der Waals surface area contributed by atoms with Crippen molar-refractivity contribution in [3.05, 3.63) is 80.4 Å². The third-order valence-electron chi connectivity index (χ3n) is 9.02.